The largest absolute Gasteiger partial charge is 0.340 e. The lowest BCUT2D eigenvalue weighted by Gasteiger charge is -2.16. The molecule has 1 rings (SSSR count). The third-order valence-electron chi connectivity index (χ3n) is 2.14. The molecule has 1 amide bonds. The molecule has 0 aromatic heterocycles. The summed E-state index contributed by atoms with van der Waals surface area (Å²) in [6, 6.07) is 7.27. The van der Waals surface area contributed by atoms with Gasteiger partial charge in [-0.25, -0.2) is 0 Å². The fraction of sp³-hybridized carbons (Fsp3) is 0.364. The van der Waals surface area contributed by atoms with Gasteiger partial charge in [0.1, 0.15) is 0 Å². The molecular weight excluding hydrogens is 208 g/mol. The Labute approximate surface area is 95.9 Å². The van der Waals surface area contributed by atoms with Crippen molar-refractivity contribution in [3.8, 4) is 0 Å². The van der Waals surface area contributed by atoms with Gasteiger partial charge in [0.2, 0.25) is 0 Å². The summed E-state index contributed by atoms with van der Waals surface area (Å²) in [6.07, 6.45) is 0. The minimum Gasteiger partial charge on any atom is -0.340 e. The van der Waals surface area contributed by atoms with Crippen molar-refractivity contribution in [2.24, 2.45) is 0 Å². The molecule has 0 unspecified atom stereocenters. The van der Waals surface area contributed by atoms with E-state index in [1.165, 1.54) is 0 Å². The minimum atomic E-state index is 0.0288. The lowest BCUT2D eigenvalue weighted by Crippen LogP contribution is -2.32. The number of nitrogens with zero attached hydrogens (tertiary/aromatic N) is 1. The number of hydrogen-bond donors (Lipinski definition) is 2. The van der Waals surface area contributed by atoms with Crippen LogP contribution in [0.4, 0.5) is 0 Å². The molecule has 0 fully saturated rings. The standard InChI is InChI=1S/C11H16N2OS/c1-12-6-7-13(2)11(14)9-4-3-5-10(15)8-9/h3-5,8,12,15H,6-7H2,1-2H3. The summed E-state index contributed by atoms with van der Waals surface area (Å²) < 4.78 is 0. The summed E-state index contributed by atoms with van der Waals surface area (Å²) in [6.45, 7) is 1.49. The van der Waals surface area contributed by atoms with Crippen LogP contribution in [0, 0.1) is 0 Å². The first kappa shape index (κ1) is 12.1. The maximum Gasteiger partial charge on any atom is 0.253 e. The molecule has 0 aliphatic rings. The van der Waals surface area contributed by atoms with Crippen LogP contribution in [0.25, 0.3) is 0 Å². The monoisotopic (exact) mass is 224 g/mol. The number of thiol groups is 1. The van der Waals surface area contributed by atoms with Crippen LogP contribution in [0.3, 0.4) is 0 Å². The van der Waals surface area contributed by atoms with Gasteiger partial charge in [0.25, 0.3) is 5.91 Å². The van der Waals surface area contributed by atoms with E-state index in [0.29, 0.717) is 12.1 Å². The maximum atomic E-state index is 11.9. The van der Waals surface area contributed by atoms with Crippen LogP contribution in [0.2, 0.25) is 0 Å². The summed E-state index contributed by atoms with van der Waals surface area (Å²) in [7, 11) is 3.66. The predicted octanol–water partition coefficient (Wildman–Crippen LogP) is 1.27. The molecule has 0 aliphatic heterocycles. The molecule has 0 spiro atoms. The zero-order valence-electron chi connectivity index (χ0n) is 9.03. The number of carbonyl (C=O) groups is 1. The van der Waals surface area contributed by atoms with Gasteiger partial charge in [-0.3, -0.25) is 4.79 Å². The zero-order valence-corrected chi connectivity index (χ0v) is 9.92. The Bertz CT molecular complexity index is 341. The molecule has 0 bridgehead atoms. The number of amides is 1. The van der Waals surface area contributed by atoms with Crippen LogP contribution in [-0.4, -0.2) is 38.0 Å². The van der Waals surface area contributed by atoms with Crippen molar-refractivity contribution < 1.29 is 4.79 Å². The highest BCUT2D eigenvalue weighted by Crippen LogP contribution is 2.10. The van der Waals surface area contributed by atoms with E-state index < -0.39 is 0 Å². The number of hydrogen-bond acceptors (Lipinski definition) is 3. The van der Waals surface area contributed by atoms with Gasteiger partial charge in [-0.15, -0.1) is 12.6 Å². The van der Waals surface area contributed by atoms with Crippen molar-refractivity contribution >= 4 is 18.5 Å². The Balaban J connectivity index is 2.67. The Kier molecular flexibility index (Phi) is 4.65. The average molecular weight is 224 g/mol. The molecule has 1 aromatic rings. The summed E-state index contributed by atoms with van der Waals surface area (Å²) in [5.74, 6) is 0.0288. The van der Waals surface area contributed by atoms with E-state index in [1.54, 1.807) is 24.1 Å². The minimum absolute atomic E-state index is 0.0288. The molecule has 15 heavy (non-hydrogen) atoms. The number of likely N-dealkylation sites (N-methyl/N-ethyl adjacent to an activating group) is 2. The molecule has 3 nitrogen and oxygen atoms in total. The smallest absolute Gasteiger partial charge is 0.253 e. The molecule has 82 valence electrons. The van der Waals surface area contributed by atoms with Crippen molar-refractivity contribution in [2.45, 2.75) is 4.90 Å². The zero-order chi connectivity index (χ0) is 11.3. The molecule has 1 N–H and O–H groups in total. The molecule has 0 heterocycles. The van der Waals surface area contributed by atoms with Crippen LogP contribution < -0.4 is 5.32 Å². The SMILES string of the molecule is CNCCN(C)C(=O)c1cccc(S)c1. The molecule has 0 aliphatic carbocycles. The first-order valence-electron chi connectivity index (χ1n) is 4.84. The fourth-order valence-electron chi connectivity index (χ4n) is 1.24. The highest BCUT2D eigenvalue weighted by atomic mass is 32.1. The van der Waals surface area contributed by atoms with E-state index in [2.05, 4.69) is 17.9 Å². The molecule has 4 heteroatoms. The van der Waals surface area contributed by atoms with Crippen LogP contribution in [0.1, 0.15) is 10.4 Å². The van der Waals surface area contributed by atoms with Crippen molar-refractivity contribution in [1.29, 1.82) is 0 Å². The Morgan fingerprint density at radius 3 is 2.87 bits per heavy atom. The van der Waals surface area contributed by atoms with Gasteiger partial charge in [0.15, 0.2) is 0 Å². The predicted molar refractivity (Wildman–Crippen MR) is 64.6 cm³/mol. The van der Waals surface area contributed by atoms with Gasteiger partial charge in [0.05, 0.1) is 0 Å². The van der Waals surface area contributed by atoms with Gasteiger partial charge in [-0.05, 0) is 25.2 Å². The molecule has 1 aromatic carbocycles. The highest BCUT2D eigenvalue weighted by Gasteiger charge is 2.10. The quantitative estimate of drug-likeness (QED) is 0.755. The molecule has 0 atom stereocenters. The van der Waals surface area contributed by atoms with E-state index in [0.717, 1.165) is 11.4 Å². The van der Waals surface area contributed by atoms with Gasteiger partial charge >= 0.3 is 0 Å². The normalized spacial score (nSPS) is 10.1. The Morgan fingerprint density at radius 2 is 2.27 bits per heavy atom. The van der Waals surface area contributed by atoms with E-state index in [9.17, 15) is 4.79 Å². The summed E-state index contributed by atoms with van der Waals surface area (Å²) in [5, 5.41) is 3.01. The number of rotatable bonds is 4. The van der Waals surface area contributed by atoms with Crippen molar-refractivity contribution in [3.05, 3.63) is 29.8 Å². The van der Waals surface area contributed by atoms with E-state index in [4.69, 9.17) is 0 Å². The lowest BCUT2D eigenvalue weighted by atomic mass is 10.2. The first-order valence-corrected chi connectivity index (χ1v) is 5.29. The number of nitrogens with one attached hydrogen (secondary N) is 1. The maximum absolute atomic E-state index is 11.9. The highest BCUT2D eigenvalue weighted by molar-refractivity contribution is 7.80. The summed E-state index contributed by atoms with van der Waals surface area (Å²) in [4.78, 5) is 14.4. The second-order valence-corrected chi connectivity index (χ2v) is 3.90. The molecule has 0 saturated heterocycles. The third kappa shape index (κ3) is 3.57. The molecular formula is C11H16N2OS. The Morgan fingerprint density at radius 1 is 1.53 bits per heavy atom. The number of carbonyl (C=O) groups excluding carboxylic acids is 1. The third-order valence-corrected chi connectivity index (χ3v) is 2.42. The first-order chi connectivity index (χ1) is 7.15. The topological polar surface area (TPSA) is 32.3 Å². The molecule has 0 saturated carbocycles. The Hall–Kier alpha value is -1.00. The van der Waals surface area contributed by atoms with E-state index >= 15 is 0 Å². The second-order valence-electron chi connectivity index (χ2n) is 3.38. The summed E-state index contributed by atoms with van der Waals surface area (Å²) in [5.41, 5.74) is 0.682. The van der Waals surface area contributed by atoms with Crippen LogP contribution in [0.5, 0.6) is 0 Å². The van der Waals surface area contributed by atoms with E-state index in [1.807, 2.05) is 19.2 Å². The molecule has 0 radical (unpaired) electrons. The lowest BCUT2D eigenvalue weighted by molar-refractivity contribution is 0.0796. The van der Waals surface area contributed by atoms with Gasteiger partial charge < -0.3 is 10.2 Å². The fourth-order valence-corrected chi connectivity index (χ4v) is 1.47. The second kappa shape index (κ2) is 5.78. The van der Waals surface area contributed by atoms with E-state index in [-0.39, 0.29) is 5.91 Å². The van der Waals surface area contributed by atoms with Crippen molar-refractivity contribution in [3.63, 3.8) is 0 Å². The van der Waals surface area contributed by atoms with Crippen molar-refractivity contribution in [1.82, 2.24) is 10.2 Å². The average Bonchev–Trinajstić information content (AvgIpc) is 2.24. The van der Waals surface area contributed by atoms with Crippen LogP contribution >= 0.6 is 12.6 Å². The van der Waals surface area contributed by atoms with Gasteiger partial charge in [-0.1, -0.05) is 6.07 Å². The number of benzene rings is 1. The van der Waals surface area contributed by atoms with Gasteiger partial charge in [0, 0.05) is 30.6 Å². The van der Waals surface area contributed by atoms with Crippen LogP contribution in [0.15, 0.2) is 29.2 Å². The summed E-state index contributed by atoms with van der Waals surface area (Å²) >= 11 is 4.20. The van der Waals surface area contributed by atoms with Crippen LogP contribution in [-0.2, 0) is 0 Å². The van der Waals surface area contributed by atoms with Gasteiger partial charge in [-0.2, -0.15) is 0 Å². The van der Waals surface area contributed by atoms with Crippen molar-refractivity contribution in [2.75, 3.05) is 27.2 Å².